The van der Waals surface area contributed by atoms with Crippen LogP contribution in [0.4, 0.5) is 0 Å². The molecule has 0 aliphatic carbocycles. The number of nitrogens with one attached hydrogen (secondary N) is 1. The molecule has 0 aliphatic rings. The Morgan fingerprint density at radius 2 is 2.10 bits per heavy atom. The highest BCUT2D eigenvalue weighted by molar-refractivity contribution is 5.99. The molecule has 2 aromatic rings. The summed E-state index contributed by atoms with van der Waals surface area (Å²) in [5.41, 5.74) is 4.24. The van der Waals surface area contributed by atoms with Crippen molar-refractivity contribution in [3.05, 3.63) is 60.7 Å². The van der Waals surface area contributed by atoms with Crippen LogP contribution in [0.25, 0.3) is 0 Å². The molecule has 0 aromatic carbocycles. The first-order valence-corrected chi connectivity index (χ1v) is 6.92. The summed E-state index contributed by atoms with van der Waals surface area (Å²) in [6.07, 6.45) is 7.88. The zero-order chi connectivity index (χ0) is 15.1. The molecule has 5 heteroatoms. The number of hydrogen-bond donors (Lipinski definition) is 1. The van der Waals surface area contributed by atoms with Gasteiger partial charge in [-0.3, -0.25) is 9.78 Å². The van der Waals surface area contributed by atoms with Gasteiger partial charge in [-0.05, 0) is 13.0 Å². The van der Waals surface area contributed by atoms with E-state index in [2.05, 4.69) is 15.5 Å². The third-order valence-electron chi connectivity index (χ3n) is 3.20. The predicted octanol–water partition coefficient (Wildman–Crippen LogP) is 1.86. The van der Waals surface area contributed by atoms with Gasteiger partial charge in [0.1, 0.15) is 0 Å². The highest BCUT2D eigenvalue weighted by Crippen LogP contribution is 2.03. The topological polar surface area (TPSA) is 58.2 Å². The van der Waals surface area contributed by atoms with Crippen LogP contribution in [0.5, 0.6) is 0 Å². The molecule has 0 bridgehead atoms. The maximum atomic E-state index is 12.3. The fourth-order valence-electron chi connectivity index (χ4n) is 2.01. The van der Waals surface area contributed by atoms with Gasteiger partial charge in [0.25, 0.3) is 0 Å². The van der Waals surface area contributed by atoms with Gasteiger partial charge in [0.2, 0.25) is 6.04 Å². The van der Waals surface area contributed by atoms with Gasteiger partial charge in [-0.25, -0.2) is 5.43 Å². The number of aromatic nitrogens is 2. The average Bonchev–Trinajstić information content (AvgIpc) is 2.55. The van der Waals surface area contributed by atoms with Crippen molar-refractivity contribution in [1.82, 2.24) is 10.4 Å². The molecule has 1 N–H and O–H groups in total. The van der Waals surface area contributed by atoms with Crippen molar-refractivity contribution < 1.29 is 9.36 Å². The van der Waals surface area contributed by atoms with Gasteiger partial charge < -0.3 is 0 Å². The molecule has 0 saturated carbocycles. The van der Waals surface area contributed by atoms with Crippen LogP contribution < -0.4 is 9.99 Å². The van der Waals surface area contributed by atoms with Crippen LogP contribution in [0, 0.1) is 0 Å². The summed E-state index contributed by atoms with van der Waals surface area (Å²) in [6.45, 7) is 3.82. The number of carbonyl (C=O) groups excluding carboxylic acids is 1. The minimum atomic E-state index is -0.267. The molecule has 5 nitrogen and oxygen atoms in total. The Balaban J connectivity index is 2.07. The van der Waals surface area contributed by atoms with Gasteiger partial charge in [0, 0.05) is 36.5 Å². The number of carbonyl (C=O) groups is 1. The second-order valence-corrected chi connectivity index (χ2v) is 4.66. The van der Waals surface area contributed by atoms with Crippen molar-refractivity contribution in [2.75, 3.05) is 0 Å². The molecule has 1 atom stereocenters. The standard InChI is InChI=1S/C16H18N4O/c1-3-15(20-10-5-4-6-11-20)16(21)19-18-13(2)14-8-7-9-17-12-14/h4-12,15H,3H2,1-2H3/p+1. The molecule has 108 valence electrons. The van der Waals surface area contributed by atoms with E-state index in [1.54, 1.807) is 12.4 Å². The fourth-order valence-corrected chi connectivity index (χ4v) is 2.01. The quantitative estimate of drug-likeness (QED) is 0.517. The maximum Gasteiger partial charge on any atom is 0.309 e. The lowest BCUT2D eigenvalue weighted by Gasteiger charge is -2.08. The van der Waals surface area contributed by atoms with Crippen molar-refractivity contribution in [1.29, 1.82) is 0 Å². The Labute approximate surface area is 124 Å². The van der Waals surface area contributed by atoms with E-state index in [4.69, 9.17) is 0 Å². The Hall–Kier alpha value is -2.56. The van der Waals surface area contributed by atoms with Crippen LogP contribution >= 0.6 is 0 Å². The van der Waals surface area contributed by atoms with Crippen LogP contribution in [0.15, 0.2) is 60.2 Å². The molecule has 0 fully saturated rings. The molecule has 0 saturated heterocycles. The summed E-state index contributed by atoms with van der Waals surface area (Å²) in [7, 11) is 0. The summed E-state index contributed by atoms with van der Waals surface area (Å²) in [5.74, 6) is -0.128. The molecule has 1 unspecified atom stereocenters. The normalized spacial score (nSPS) is 12.8. The molecule has 2 rings (SSSR count). The number of amides is 1. The molecule has 1 amide bonds. The Morgan fingerprint density at radius 3 is 2.71 bits per heavy atom. The minimum Gasteiger partial charge on any atom is -0.265 e. The van der Waals surface area contributed by atoms with Gasteiger partial charge >= 0.3 is 5.91 Å². The molecule has 0 radical (unpaired) electrons. The molecule has 0 aliphatic heterocycles. The number of nitrogens with zero attached hydrogens (tertiary/aromatic N) is 3. The lowest BCUT2D eigenvalue weighted by atomic mass is 10.2. The molecule has 21 heavy (non-hydrogen) atoms. The Morgan fingerprint density at radius 1 is 1.33 bits per heavy atom. The zero-order valence-corrected chi connectivity index (χ0v) is 12.2. The lowest BCUT2D eigenvalue weighted by molar-refractivity contribution is -0.709. The van der Waals surface area contributed by atoms with E-state index in [-0.39, 0.29) is 11.9 Å². The number of hydrazone groups is 1. The van der Waals surface area contributed by atoms with Crippen LogP contribution in [0.1, 0.15) is 31.9 Å². The number of pyridine rings is 2. The van der Waals surface area contributed by atoms with E-state index < -0.39 is 0 Å². The second kappa shape index (κ2) is 7.28. The number of rotatable bonds is 5. The van der Waals surface area contributed by atoms with Crippen LogP contribution in [0.3, 0.4) is 0 Å². The van der Waals surface area contributed by atoms with Gasteiger partial charge in [0.15, 0.2) is 12.4 Å². The van der Waals surface area contributed by atoms with Gasteiger partial charge in [0.05, 0.1) is 5.71 Å². The summed E-state index contributed by atoms with van der Waals surface area (Å²) in [6, 6.07) is 9.20. The Kier molecular flexibility index (Phi) is 5.15. The molecule has 0 spiro atoms. The third-order valence-corrected chi connectivity index (χ3v) is 3.20. The van der Waals surface area contributed by atoms with Gasteiger partial charge in [-0.1, -0.05) is 19.1 Å². The molecular weight excluding hydrogens is 264 g/mol. The molecule has 2 heterocycles. The van der Waals surface area contributed by atoms with E-state index >= 15 is 0 Å². The first-order chi connectivity index (χ1) is 10.2. The fraction of sp³-hybridized carbons (Fsp3) is 0.250. The lowest BCUT2D eigenvalue weighted by Crippen LogP contribution is -2.46. The monoisotopic (exact) mass is 283 g/mol. The van der Waals surface area contributed by atoms with E-state index in [1.807, 2.05) is 61.1 Å². The van der Waals surface area contributed by atoms with Crippen molar-refractivity contribution in [3.63, 3.8) is 0 Å². The maximum absolute atomic E-state index is 12.3. The van der Waals surface area contributed by atoms with Crippen LogP contribution in [-0.4, -0.2) is 16.6 Å². The van der Waals surface area contributed by atoms with Crippen molar-refractivity contribution in [2.24, 2.45) is 5.10 Å². The molecule has 2 aromatic heterocycles. The summed E-state index contributed by atoms with van der Waals surface area (Å²) < 4.78 is 1.88. The number of hydrogen-bond acceptors (Lipinski definition) is 3. The van der Waals surface area contributed by atoms with Gasteiger partial charge in [-0.2, -0.15) is 9.67 Å². The highest BCUT2D eigenvalue weighted by Gasteiger charge is 2.24. The van der Waals surface area contributed by atoms with Crippen molar-refractivity contribution in [2.45, 2.75) is 26.3 Å². The predicted molar refractivity (Wildman–Crippen MR) is 80.6 cm³/mol. The van der Waals surface area contributed by atoms with Crippen LogP contribution in [0.2, 0.25) is 0 Å². The Bertz CT molecular complexity index is 611. The SMILES string of the molecule is CCC(C(=O)NN=C(C)c1cccnc1)[n+]1ccccc1. The van der Waals surface area contributed by atoms with E-state index in [1.165, 1.54) is 0 Å². The first-order valence-electron chi connectivity index (χ1n) is 6.92. The minimum absolute atomic E-state index is 0.128. The van der Waals surface area contributed by atoms with Crippen LogP contribution in [-0.2, 0) is 4.79 Å². The highest BCUT2D eigenvalue weighted by atomic mass is 16.2. The third kappa shape index (κ3) is 3.95. The summed E-state index contributed by atoms with van der Waals surface area (Å²) in [5, 5.41) is 4.15. The second-order valence-electron chi connectivity index (χ2n) is 4.66. The van der Waals surface area contributed by atoms with Crippen molar-refractivity contribution in [3.8, 4) is 0 Å². The summed E-state index contributed by atoms with van der Waals surface area (Å²) in [4.78, 5) is 16.3. The smallest absolute Gasteiger partial charge is 0.265 e. The largest absolute Gasteiger partial charge is 0.309 e. The van der Waals surface area contributed by atoms with E-state index in [9.17, 15) is 4.79 Å². The van der Waals surface area contributed by atoms with Gasteiger partial charge in [-0.15, -0.1) is 0 Å². The zero-order valence-electron chi connectivity index (χ0n) is 12.2. The van der Waals surface area contributed by atoms with E-state index in [0.717, 1.165) is 11.3 Å². The first kappa shape index (κ1) is 14.8. The van der Waals surface area contributed by atoms with Crippen molar-refractivity contribution >= 4 is 11.6 Å². The average molecular weight is 283 g/mol. The molecular formula is C16H19N4O+. The summed E-state index contributed by atoms with van der Waals surface area (Å²) >= 11 is 0. The van der Waals surface area contributed by atoms with E-state index in [0.29, 0.717) is 6.42 Å².